The maximum Gasteiger partial charge on any atom is 0.271 e. The van der Waals surface area contributed by atoms with Crippen molar-refractivity contribution in [3.8, 4) is 0 Å². The van der Waals surface area contributed by atoms with E-state index < -0.39 is 16.8 Å². The third-order valence-electron chi connectivity index (χ3n) is 6.19. The average Bonchev–Trinajstić information content (AvgIpc) is 3.41. The molecule has 29 heavy (non-hydrogen) atoms. The highest BCUT2D eigenvalue weighted by atomic mass is 32.1. The van der Waals surface area contributed by atoms with Crippen molar-refractivity contribution < 1.29 is 4.39 Å². The van der Waals surface area contributed by atoms with Crippen LogP contribution < -0.4 is 21.6 Å². The molecule has 0 saturated heterocycles. The molecule has 4 rings (SSSR count). The second-order valence-corrected chi connectivity index (χ2v) is 9.69. The van der Waals surface area contributed by atoms with Crippen molar-refractivity contribution in [1.82, 2.24) is 8.94 Å². The lowest BCUT2D eigenvalue weighted by Crippen LogP contribution is -2.40. The van der Waals surface area contributed by atoms with Gasteiger partial charge < -0.3 is 15.2 Å². The van der Waals surface area contributed by atoms with Gasteiger partial charge in [0.2, 0.25) is 5.43 Å². The van der Waals surface area contributed by atoms with Crippen LogP contribution in [0.1, 0.15) is 46.1 Å². The number of halogens is 1. The van der Waals surface area contributed by atoms with Gasteiger partial charge in [0.15, 0.2) is 0 Å². The Kier molecular flexibility index (Phi) is 4.82. The van der Waals surface area contributed by atoms with Gasteiger partial charge in [0.25, 0.3) is 5.56 Å². The molecule has 1 fully saturated rings. The van der Waals surface area contributed by atoms with E-state index in [9.17, 15) is 14.0 Å². The first-order valence-electron chi connectivity index (χ1n) is 9.98. The van der Waals surface area contributed by atoms with Gasteiger partial charge in [0.05, 0.1) is 11.2 Å². The summed E-state index contributed by atoms with van der Waals surface area (Å²) < 4.78 is 19.7. The fourth-order valence-electron chi connectivity index (χ4n) is 3.71. The van der Waals surface area contributed by atoms with Crippen LogP contribution in [0.4, 0.5) is 10.1 Å². The predicted molar refractivity (Wildman–Crippen MR) is 118 cm³/mol. The maximum absolute atomic E-state index is 15.0. The van der Waals surface area contributed by atoms with Gasteiger partial charge in [-0.05, 0) is 62.7 Å². The van der Waals surface area contributed by atoms with E-state index in [1.807, 2.05) is 30.4 Å². The number of nitrogens with two attached hydrogens (primary N) is 1. The van der Waals surface area contributed by atoms with E-state index in [2.05, 4.69) is 11.3 Å². The van der Waals surface area contributed by atoms with Crippen LogP contribution in [-0.2, 0) is 0 Å². The SMILES string of the molecule is CC(CCN(C)c1cc2c(cc1F)c(=O)c1c(=O)[nH]sc1n2C1CC1)C(C)(C)N. The maximum atomic E-state index is 15.0. The van der Waals surface area contributed by atoms with Crippen molar-refractivity contribution >= 4 is 38.3 Å². The number of nitrogens with one attached hydrogen (secondary N) is 1. The standard InChI is InChI=1S/C21H27FN4O2S/c1-11(21(2,3)23)7-8-25(4)16-10-15-13(9-14(16)22)18(27)17-19(28)24-29-20(17)26(15)12-5-6-12/h9-12H,5-8,23H2,1-4H3,(H,24,28). The summed E-state index contributed by atoms with van der Waals surface area (Å²) >= 11 is 1.18. The Morgan fingerprint density at radius 1 is 1.38 bits per heavy atom. The molecule has 0 spiro atoms. The van der Waals surface area contributed by atoms with Crippen LogP contribution in [0.3, 0.4) is 0 Å². The van der Waals surface area contributed by atoms with Gasteiger partial charge in [0, 0.05) is 30.6 Å². The predicted octanol–water partition coefficient (Wildman–Crippen LogP) is 3.58. The summed E-state index contributed by atoms with van der Waals surface area (Å²) in [4.78, 5) is 27.6. The van der Waals surface area contributed by atoms with Crippen LogP contribution >= 0.6 is 11.5 Å². The lowest BCUT2D eigenvalue weighted by atomic mass is 9.87. The van der Waals surface area contributed by atoms with Crippen LogP contribution in [0, 0.1) is 11.7 Å². The first-order chi connectivity index (χ1) is 13.6. The summed E-state index contributed by atoms with van der Waals surface area (Å²) in [5, 5.41) is 0.397. The number of rotatable bonds is 6. The molecule has 2 aromatic heterocycles. The zero-order valence-corrected chi connectivity index (χ0v) is 18.0. The van der Waals surface area contributed by atoms with Crippen molar-refractivity contribution in [2.24, 2.45) is 11.7 Å². The molecule has 3 N–H and O–H groups in total. The van der Waals surface area contributed by atoms with Crippen LogP contribution in [0.15, 0.2) is 21.7 Å². The third-order valence-corrected chi connectivity index (χ3v) is 7.07. The summed E-state index contributed by atoms with van der Waals surface area (Å²) in [6, 6.07) is 3.29. The second kappa shape index (κ2) is 6.95. The van der Waals surface area contributed by atoms with E-state index >= 15 is 0 Å². The second-order valence-electron chi connectivity index (χ2n) is 8.90. The number of hydrogen-bond donors (Lipinski definition) is 2. The molecule has 1 aliphatic carbocycles. The molecule has 1 saturated carbocycles. The van der Waals surface area contributed by atoms with E-state index in [0.29, 0.717) is 22.6 Å². The average molecular weight is 419 g/mol. The van der Waals surface area contributed by atoms with Crippen molar-refractivity contribution in [1.29, 1.82) is 0 Å². The third kappa shape index (κ3) is 3.48. The zero-order chi connectivity index (χ0) is 21.1. The lowest BCUT2D eigenvalue weighted by molar-refractivity contribution is 0.329. The highest BCUT2D eigenvalue weighted by Crippen LogP contribution is 2.40. The summed E-state index contributed by atoms with van der Waals surface area (Å²) in [5.41, 5.74) is 6.23. The van der Waals surface area contributed by atoms with Crippen LogP contribution in [0.25, 0.3) is 21.1 Å². The van der Waals surface area contributed by atoms with E-state index in [4.69, 9.17) is 5.73 Å². The normalized spacial score (nSPS) is 15.9. The monoisotopic (exact) mass is 418 g/mol. The van der Waals surface area contributed by atoms with Crippen molar-refractivity contribution in [3.05, 3.63) is 38.5 Å². The van der Waals surface area contributed by atoms with Crippen LogP contribution in [-0.4, -0.2) is 28.1 Å². The number of nitrogens with zero attached hydrogens (tertiary/aromatic N) is 2. The summed E-state index contributed by atoms with van der Waals surface area (Å²) in [5.74, 6) is -0.181. The lowest BCUT2D eigenvalue weighted by Gasteiger charge is -2.30. The molecule has 1 aromatic carbocycles. The summed E-state index contributed by atoms with van der Waals surface area (Å²) in [7, 11) is 1.85. The Hall–Kier alpha value is -2.19. The largest absolute Gasteiger partial charge is 0.372 e. The van der Waals surface area contributed by atoms with Crippen molar-refractivity contribution in [2.75, 3.05) is 18.5 Å². The van der Waals surface area contributed by atoms with Gasteiger partial charge >= 0.3 is 0 Å². The first-order valence-corrected chi connectivity index (χ1v) is 10.8. The number of fused-ring (bicyclic) bond motifs is 2. The van der Waals surface area contributed by atoms with Gasteiger partial charge in [-0.15, -0.1) is 0 Å². The topological polar surface area (TPSA) is 84.1 Å². The first kappa shape index (κ1) is 20.1. The van der Waals surface area contributed by atoms with E-state index in [-0.39, 0.29) is 28.3 Å². The van der Waals surface area contributed by atoms with Crippen molar-refractivity contribution in [2.45, 2.75) is 51.6 Å². The number of hydrogen-bond acceptors (Lipinski definition) is 5. The Labute approximate surface area is 172 Å². The molecule has 0 radical (unpaired) electrons. The Bertz CT molecular complexity index is 1200. The number of aromatic nitrogens is 2. The minimum atomic E-state index is -0.454. The minimum Gasteiger partial charge on any atom is -0.372 e. The number of pyridine rings is 1. The summed E-state index contributed by atoms with van der Waals surface area (Å²) in [6.45, 7) is 6.74. The number of H-pyrrole nitrogens is 1. The van der Waals surface area contributed by atoms with Gasteiger partial charge in [-0.2, -0.15) is 0 Å². The molecule has 1 aliphatic rings. The molecule has 156 valence electrons. The van der Waals surface area contributed by atoms with E-state index in [1.54, 1.807) is 6.07 Å². The number of aromatic amines is 1. The van der Waals surface area contributed by atoms with E-state index in [0.717, 1.165) is 19.3 Å². The Balaban J connectivity index is 1.82. The highest BCUT2D eigenvalue weighted by Gasteiger charge is 2.29. The Morgan fingerprint density at radius 3 is 2.69 bits per heavy atom. The molecule has 0 amide bonds. The fraction of sp³-hybridized carbons (Fsp3) is 0.524. The molecule has 3 aromatic rings. The quantitative estimate of drug-likeness (QED) is 0.641. The molecule has 0 aliphatic heterocycles. The summed E-state index contributed by atoms with van der Waals surface area (Å²) in [6.07, 6.45) is 2.81. The van der Waals surface area contributed by atoms with Crippen LogP contribution in [0.5, 0.6) is 0 Å². The molecule has 6 nitrogen and oxygen atoms in total. The highest BCUT2D eigenvalue weighted by molar-refractivity contribution is 7.12. The fourth-order valence-corrected chi connectivity index (χ4v) is 4.63. The van der Waals surface area contributed by atoms with Gasteiger partial charge in [-0.25, -0.2) is 4.39 Å². The van der Waals surface area contributed by atoms with Crippen molar-refractivity contribution in [3.63, 3.8) is 0 Å². The van der Waals surface area contributed by atoms with E-state index in [1.165, 1.54) is 17.6 Å². The molecule has 8 heteroatoms. The number of benzene rings is 1. The smallest absolute Gasteiger partial charge is 0.271 e. The van der Waals surface area contributed by atoms with Gasteiger partial charge in [-0.1, -0.05) is 6.92 Å². The minimum absolute atomic E-state index is 0.133. The number of anilines is 1. The van der Waals surface area contributed by atoms with Gasteiger partial charge in [0.1, 0.15) is 16.0 Å². The molecule has 0 bridgehead atoms. The van der Waals surface area contributed by atoms with Crippen LogP contribution in [0.2, 0.25) is 0 Å². The molecule has 2 heterocycles. The van der Waals surface area contributed by atoms with Gasteiger partial charge in [-0.3, -0.25) is 14.0 Å². The molecule has 1 unspecified atom stereocenters. The zero-order valence-electron chi connectivity index (χ0n) is 17.2. The molecular weight excluding hydrogens is 391 g/mol. The molecule has 1 atom stereocenters. The molecular formula is C21H27FN4O2S. The Morgan fingerprint density at radius 2 is 2.07 bits per heavy atom.